The summed E-state index contributed by atoms with van der Waals surface area (Å²) in [4.78, 5) is 28.7. The van der Waals surface area contributed by atoms with Crippen LogP contribution >= 0.6 is 11.6 Å². The first-order valence-electron chi connectivity index (χ1n) is 10.0. The number of piperazine rings is 1. The number of hydrogen-bond acceptors (Lipinski definition) is 6. The van der Waals surface area contributed by atoms with Gasteiger partial charge in [-0.05, 0) is 38.0 Å². The number of hydrogen-bond donors (Lipinski definition) is 0. The van der Waals surface area contributed by atoms with E-state index in [9.17, 15) is 4.79 Å². The standard InChI is InChI=1S/C21H26ClN5O2/c1-15-13-19(24-21(23-15)27-7-3-4-8-27)25-9-11-26(12-10-25)20(28)17-14-16(22)5-6-18(17)29-2/h5-6,13-14H,3-4,7-12H2,1-2H3. The van der Waals surface area contributed by atoms with Crippen LogP contribution in [0.1, 0.15) is 28.9 Å². The number of aromatic nitrogens is 2. The van der Waals surface area contributed by atoms with E-state index in [-0.39, 0.29) is 5.91 Å². The Morgan fingerprint density at radius 3 is 2.41 bits per heavy atom. The minimum absolute atomic E-state index is 0.0550. The molecule has 154 valence electrons. The Hall–Kier alpha value is -2.54. The Morgan fingerprint density at radius 1 is 1.00 bits per heavy atom. The van der Waals surface area contributed by atoms with Crippen molar-refractivity contribution < 1.29 is 9.53 Å². The summed E-state index contributed by atoms with van der Waals surface area (Å²) in [6.07, 6.45) is 2.39. The lowest BCUT2D eigenvalue weighted by Gasteiger charge is -2.36. The third-order valence-corrected chi connectivity index (χ3v) is 5.74. The van der Waals surface area contributed by atoms with Crippen molar-refractivity contribution in [1.29, 1.82) is 0 Å². The summed E-state index contributed by atoms with van der Waals surface area (Å²) in [7, 11) is 1.56. The van der Waals surface area contributed by atoms with Crippen LogP contribution in [0.5, 0.6) is 5.75 Å². The molecule has 1 aromatic carbocycles. The number of carbonyl (C=O) groups excluding carboxylic acids is 1. The van der Waals surface area contributed by atoms with Gasteiger partial charge in [0.1, 0.15) is 11.6 Å². The van der Waals surface area contributed by atoms with E-state index in [0.717, 1.165) is 43.6 Å². The average molecular weight is 416 g/mol. The highest BCUT2D eigenvalue weighted by atomic mass is 35.5. The molecule has 2 fully saturated rings. The first-order chi connectivity index (χ1) is 14.0. The molecule has 1 amide bonds. The van der Waals surface area contributed by atoms with Crippen LogP contribution < -0.4 is 14.5 Å². The Labute approximate surface area is 176 Å². The number of carbonyl (C=O) groups is 1. The Bertz CT molecular complexity index is 893. The van der Waals surface area contributed by atoms with Crippen molar-refractivity contribution in [3.05, 3.63) is 40.5 Å². The molecule has 2 aliphatic heterocycles. The highest BCUT2D eigenvalue weighted by Crippen LogP contribution is 2.26. The molecular formula is C21H26ClN5O2. The minimum Gasteiger partial charge on any atom is -0.496 e. The van der Waals surface area contributed by atoms with Crippen LogP contribution in [0.25, 0.3) is 0 Å². The van der Waals surface area contributed by atoms with Crippen molar-refractivity contribution in [3.63, 3.8) is 0 Å². The largest absolute Gasteiger partial charge is 0.496 e. The highest BCUT2D eigenvalue weighted by molar-refractivity contribution is 6.31. The Kier molecular flexibility index (Phi) is 5.76. The van der Waals surface area contributed by atoms with Crippen LogP contribution in [-0.4, -0.2) is 67.2 Å². The third-order valence-electron chi connectivity index (χ3n) is 5.50. The monoisotopic (exact) mass is 415 g/mol. The van der Waals surface area contributed by atoms with Crippen molar-refractivity contribution in [2.24, 2.45) is 0 Å². The highest BCUT2D eigenvalue weighted by Gasteiger charge is 2.26. The quantitative estimate of drug-likeness (QED) is 0.765. The van der Waals surface area contributed by atoms with E-state index in [4.69, 9.17) is 21.3 Å². The molecule has 0 saturated carbocycles. The molecule has 0 unspecified atom stereocenters. The molecule has 8 heteroatoms. The Morgan fingerprint density at radius 2 is 1.72 bits per heavy atom. The van der Waals surface area contributed by atoms with E-state index < -0.39 is 0 Å². The molecule has 4 rings (SSSR count). The van der Waals surface area contributed by atoms with E-state index in [1.54, 1.807) is 25.3 Å². The molecule has 2 aromatic rings. The second kappa shape index (κ2) is 8.45. The fourth-order valence-corrected chi connectivity index (χ4v) is 4.09. The van der Waals surface area contributed by atoms with Crippen LogP contribution in [0.15, 0.2) is 24.3 Å². The number of benzene rings is 1. The normalized spacial score (nSPS) is 17.0. The van der Waals surface area contributed by atoms with Crippen LogP contribution in [0.3, 0.4) is 0 Å². The van der Waals surface area contributed by atoms with Gasteiger partial charge in [-0.2, -0.15) is 4.98 Å². The van der Waals surface area contributed by atoms with E-state index in [1.807, 2.05) is 17.9 Å². The molecule has 0 spiro atoms. The molecule has 0 N–H and O–H groups in total. The number of anilines is 2. The number of rotatable bonds is 4. The summed E-state index contributed by atoms with van der Waals surface area (Å²) in [6, 6.07) is 7.15. The molecule has 7 nitrogen and oxygen atoms in total. The molecule has 1 aromatic heterocycles. The second-order valence-electron chi connectivity index (χ2n) is 7.49. The van der Waals surface area contributed by atoms with E-state index >= 15 is 0 Å². The van der Waals surface area contributed by atoms with Crippen LogP contribution in [-0.2, 0) is 0 Å². The summed E-state index contributed by atoms with van der Waals surface area (Å²) in [5.41, 5.74) is 1.47. The van der Waals surface area contributed by atoms with Crippen molar-refractivity contribution in [2.75, 3.05) is 56.2 Å². The number of aryl methyl sites for hydroxylation is 1. The summed E-state index contributed by atoms with van der Waals surface area (Å²) >= 11 is 6.09. The third kappa shape index (κ3) is 4.24. The molecule has 2 aliphatic rings. The average Bonchev–Trinajstić information content (AvgIpc) is 3.28. The van der Waals surface area contributed by atoms with Gasteiger partial charge in [0.15, 0.2) is 0 Å². The summed E-state index contributed by atoms with van der Waals surface area (Å²) in [6.45, 7) is 6.75. The first-order valence-corrected chi connectivity index (χ1v) is 10.4. The molecule has 2 saturated heterocycles. The predicted molar refractivity (Wildman–Crippen MR) is 114 cm³/mol. The fourth-order valence-electron chi connectivity index (χ4n) is 3.91. The number of ether oxygens (including phenoxy) is 1. The zero-order valence-electron chi connectivity index (χ0n) is 16.9. The van der Waals surface area contributed by atoms with Gasteiger partial charge in [-0.3, -0.25) is 4.79 Å². The zero-order valence-corrected chi connectivity index (χ0v) is 17.7. The molecule has 0 aliphatic carbocycles. The number of amides is 1. The summed E-state index contributed by atoms with van der Waals surface area (Å²) < 4.78 is 5.34. The Balaban J connectivity index is 1.46. The van der Waals surface area contributed by atoms with Gasteiger partial charge in [-0.1, -0.05) is 11.6 Å². The SMILES string of the molecule is COc1ccc(Cl)cc1C(=O)N1CCN(c2cc(C)nc(N3CCCC3)n2)CC1. The molecule has 0 bridgehead atoms. The van der Waals surface area contributed by atoms with Gasteiger partial charge in [0.05, 0.1) is 12.7 Å². The molecule has 0 radical (unpaired) electrons. The van der Waals surface area contributed by atoms with Gasteiger partial charge < -0.3 is 19.4 Å². The lowest BCUT2D eigenvalue weighted by Crippen LogP contribution is -2.49. The van der Waals surface area contributed by atoms with E-state index in [1.165, 1.54) is 12.8 Å². The zero-order chi connectivity index (χ0) is 20.4. The fraction of sp³-hybridized carbons (Fsp3) is 0.476. The van der Waals surface area contributed by atoms with Gasteiger partial charge in [-0.15, -0.1) is 0 Å². The van der Waals surface area contributed by atoms with Crippen LogP contribution in [0, 0.1) is 6.92 Å². The van der Waals surface area contributed by atoms with E-state index in [0.29, 0.717) is 29.4 Å². The smallest absolute Gasteiger partial charge is 0.257 e. The maximum atomic E-state index is 13.0. The summed E-state index contributed by atoms with van der Waals surface area (Å²) in [5, 5.41) is 0.527. The number of nitrogens with zero attached hydrogens (tertiary/aromatic N) is 5. The lowest BCUT2D eigenvalue weighted by molar-refractivity contribution is 0.0743. The van der Waals surface area contributed by atoms with Crippen molar-refractivity contribution in [1.82, 2.24) is 14.9 Å². The maximum Gasteiger partial charge on any atom is 0.257 e. The van der Waals surface area contributed by atoms with Crippen molar-refractivity contribution in [2.45, 2.75) is 19.8 Å². The van der Waals surface area contributed by atoms with Gasteiger partial charge in [-0.25, -0.2) is 4.98 Å². The van der Waals surface area contributed by atoms with E-state index in [2.05, 4.69) is 14.8 Å². The summed E-state index contributed by atoms with van der Waals surface area (Å²) in [5.74, 6) is 2.25. The lowest BCUT2D eigenvalue weighted by atomic mass is 10.1. The molecule has 0 atom stereocenters. The predicted octanol–water partition coefficient (Wildman–Crippen LogP) is 3.01. The first kappa shape index (κ1) is 19.8. The van der Waals surface area contributed by atoms with Crippen molar-refractivity contribution in [3.8, 4) is 5.75 Å². The molecular weight excluding hydrogens is 390 g/mol. The van der Waals surface area contributed by atoms with Crippen LogP contribution in [0.2, 0.25) is 5.02 Å². The molecule has 29 heavy (non-hydrogen) atoms. The van der Waals surface area contributed by atoms with Gasteiger partial charge in [0, 0.05) is 56.1 Å². The number of methoxy groups -OCH3 is 1. The topological polar surface area (TPSA) is 61.8 Å². The molecule has 3 heterocycles. The van der Waals surface area contributed by atoms with Crippen molar-refractivity contribution >= 4 is 29.3 Å². The van der Waals surface area contributed by atoms with Gasteiger partial charge >= 0.3 is 0 Å². The maximum absolute atomic E-state index is 13.0. The minimum atomic E-state index is -0.0550. The van der Waals surface area contributed by atoms with Crippen LogP contribution in [0.4, 0.5) is 11.8 Å². The number of halogens is 1. The van der Waals surface area contributed by atoms with Gasteiger partial charge in [0.25, 0.3) is 5.91 Å². The van der Waals surface area contributed by atoms with Gasteiger partial charge in [0.2, 0.25) is 5.95 Å². The second-order valence-corrected chi connectivity index (χ2v) is 7.92.